The summed E-state index contributed by atoms with van der Waals surface area (Å²) in [5.74, 6) is 0. The summed E-state index contributed by atoms with van der Waals surface area (Å²) in [7, 11) is 0. The highest BCUT2D eigenvalue weighted by molar-refractivity contribution is 14.1. The molecule has 0 bridgehead atoms. The maximum atomic E-state index is 12.3. The van der Waals surface area contributed by atoms with Crippen molar-refractivity contribution in [2.24, 2.45) is 0 Å². The second-order valence-corrected chi connectivity index (χ2v) is 4.44. The molecule has 0 aliphatic rings. The second-order valence-electron chi connectivity index (χ2n) is 2.42. The molecule has 0 N–H and O–H groups in total. The molecule has 0 spiro atoms. The van der Waals surface area contributed by atoms with Gasteiger partial charge in [0.1, 0.15) is 0 Å². The van der Waals surface area contributed by atoms with Crippen molar-refractivity contribution in [3.05, 3.63) is 31.3 Å². The Morgan fingerprint density at radius 1 is 1.42 bits per heavy atom. The lowest BCUT2D eigenvalue weighted by molar-refractivity contribution is 0.150. The van der Waals surface area contributed by atoms with E-state index in [1.165, 1.54) is 6.07 Å². The van der Waals surface area contributed by atoms with Gasteiger partial charge >= 0.3 is 0 Å². The molecule has 0 aromatic heterocycles. The Bertz CT molecular complexity index is 299. The molecule has 0 fully saturated rings. The van der Waals surface area contributed by atoms with E-state index in [9.17, 15) is 8.78 Å². The highest BCUT2D eigenvalue weighted by Crippen LogP contribution is 2.29. The zero-order valence-electron chi connectivity index (χ0n) is 6.24. The summed E-state index contributed by atoms with van der Waals surface area (Å²) in [4.78, 5) is 0. The second kappa shape index (κ2) is 4.00. The standard InChI is InChI=1S/C8H6BrF2I/c1-4-2-7(12)5(8(10)11)3-6(4)9/h2-3,8H,1H3. The normalized spacial score (nSPS) is 10.8. The molecule has 0 amide bonds. The Labute approximate surface area is 91.6 Å². The van der Waals surface area contributed by atoms with Gasteiger partial charge in [0.15, 0.2) is 0 Å². The number of hydrogen-bond donors (Lipinski definition) is 0. The molecule has 66 valence electrons. The first-order valence-corrected chi connectivity index (χ1v) is 5.13. The summed E-state index contributed by atoms with van der Waals surface area (Å²) in [6.07, 6.45) is -2.39. The fourth-order valence-electron chi connectivity index (χ4n) is 0.829. The van der Waals surface area contributed by atoms with Crippen molar-refractivity contribution >= 4 is 38.5 Å². The fourth-order valence-corrected chi connectivity index (χ4v) is 2.05. The Morgan fingerprint density at radius 3 is 2.50 bits per heavy atom. The van der Waals surface area contributed by atoms with Crippen LogP contribution in [0.25, 0.3) is 0 Å². The van der Waals surface area contributed by atoms with Crippen molar-refractivity contribution in [3.8, 4) is 0 Å². The van der Waals surface area contributed by atoms with Crippen LogP contribution in [0.5, 0.6) is 0 Å². The zero-order valence-corrected chi connectivity index (χ0v) is 9.99. The molecule has 0 aliphatic heterocycles. The molecule has 0 saturated carbocycles. The number of rotatable bonds is 1. The summed E-state index contributed by atoms with van der Waals surface area (Å²) in [6.45, 7) is 1.88. The van der Waals surface area contributed by atoms with E-state index in [1.54, 1.807) is 6.07 Å². The molecule has 4 heteroatoms. The Balaban J connectivity index is 3.23. The van der Waals surface area contributed by atoms with Gasteiger partial charge in [-0.3, -0.25) is 0 Å². The van der Waals surface area contributed by atoms with Crippen molar-refractivity contribution in [2.45, 2.75) is 13.3 Å². The predicted octanol–water partition coefficient (Wildman–Crippen LogP) is 4.30. The maximum Gasteiger partial charge on any atom is 0.264 e. The Hall–Kier alpha value is 0.290. The van der Waals surface area contributed by atoms with Gasteiger partial charge in [0.2, 0.25) is 0 Å². The minimum atomic E-state index is -2.39. The molecular weight excluding hydrogens is 341 g/mol. The van der Waals surface area contributed by atoms with Crippen LogP contribution >= 0.6 is 38.5 Å². The quantitative estimate of drug-likeness (QED) is 0.665. The van der Waals surface area contributed by atoms with Gasteiger partial charge in [0, 0.05) is 13.6 Å². The Kier molecular flexibility index (Phi) is 3.46. The largest absolute Gasteiger partial charge is 0.264 e. The lowest BCUT2D eigenvalue weighted by Gasteiger charge is -2.05. The first kappa shape index (κ1) is 10.4. The molecule has 12 heavy (non-hydrogen) atoms. The highest BCUT2D eigenvalue weighted by Gasteiger charge is 2.12. The fraction of sp³-hybridized carbons (Fsp3) is 0.250. The van der Waals surface area contributed by atoms with Gasteiger partial charge in [-0.05, 0) is 47.2 Å². The van der Waals surface area contributed by atoms with Crippen LogP contribution in [-0.2, 0) is 0 Å². The van der Waals surface area contributed by atoms with E-state index in [0.29, 0.717) is 3.57 Å². The van der Waals surface area contributed by atoms with E-state index in [1.807, 2.05) is 29.5 Å². The molecule has 1 aromatic carbocycles. The van der Waals surface area contributed by atoms with Crippen molar-refractivity contribution in [2.75, 3.05) is 0 Å². The lowest BCUT2D eigenvalue weighted by Crippen LogP contribution is -1.90. The summed E-state index contributed by atoms with van der Waals surface area (Å²) < 4.78 is 26.0. The zero-order chi connectivity index (χ0) is 9.30. The molecule has 0 atom stereocenters. The summed E-state index contributed by atoms with van der Waals surface area (Å²) in [5, 5.41) is 0. The van der Waals surface area contributed by atoms with Gasteiger partial charge < -0.3 is 0 Å². The van der Waals surface area contributed by atoms with Gasteiger partial charge in [-0.1, -0.05) is 15.9 Å². The number of alkyl halides is 2. The van der Waals surface area contributed by atoms with Crippen molar-refractivity contribution < 1.29 is 8.78 Å². The number of hydrogen-bond acceptors (Lipinski definition) is 0. The summed E-state index contributed by atoms with van der Waals surface area (Å²) in [6, 6.07) is 3.22. The van der Waals surface area contributed by atoms with Gasteiger partial charge in [-0.15, -0.1) is 0 Å². The molecule has 0 nitrogen and oxygen atoms in total. The molecule has 0 saturated heterocycles. The van der Waals surface area contributed by atoms with Crippen molar-refractivity contribution in [1.29, 1.82) is 0 Å². The monoisotopic (exact) mass is 346 g/mol. The number of benzene rings is 1. The molecule has 0 heterocycles. The average Bonchev–Trinajstić information content (AvgIpc) is 1.96. The minimum Gasteiger partial charge on any atom is -0.205 e. The lowest BCUT2D eigenvalue weighted by atomic mass is 10.2. The van der Waals surface area contributed by atoms with Crippen LogP contribution in [0.3, 0.4) is 0 Å². The Morgan fingerprint density at radius 2 is 2.00 bits per heavy atom. The minimum absolute atomic E-state index is 0.0908. The molecule has 1 aromatic rings. The molecule has 1 rings (SSSR count). The molecule has 0 unspecified atom stereocenters. The summed E-state index contributed by atoms with van der Waals surface area (Å²) >= 11 is 5.13. The van der Waals surface area contributed by atoms with Crippen LogP contribution < -0.4 is 0 Å². The topological polar surface area (TPSA) is 0 Å². The van der Waals surface area contributed by atoms with Gasteiger partial charge in [-0.2, -0.15) is 0 Å². The van der Waals surface area contributed by atoms with Crippen molar-refractivity contribution in [3.63, 3.8) is 0 Å². The van der Waals surface area contributed by atoms with Gasteiger partial charge in [-0.25, -0.2) is 8.78 Å². The van der Waals surface area contributed by atoms with E-state index in [-0.39, 0.29) is 5.56 Å². The first-order valence-electron chi connectivity index (χ1n) is 3.26. The number of aryl methyl sites for hydroxylation is 1. The van der Waals surface area contributed by atoms with Crippen molar-refractivity contribution in [1.82, 2.24) is 0 Å². The maximum absolute atomic E-state index is 12.3. The predicted molar refractivity (Wildman–Crippen MR) is 56.6 cm³/mol. The van der Waals surface area contributed by atoms with E-state index in [2.05, 4.69) is 15.9 Å². The van der Waals surface area contributed by atoms with E-state index in [4.69, 9.17) is 0 Å². The van der Waals surface area contributed by atoms with Crippen LogP contribution in [0.15, 0.2) is 16.6 Å². The third kappa shape index (κ3) is 2.16. The van der Waals surface area contributed by atoms with Crippen LogP contribution in [0, 0.1) is 10.5 Å². The van der Waals surface area contributed by atoms with Gasteiger partial charge in [0.05, 0.1) is 0 Å². The smallest absolute Gasteiger partial charge is 0.205 e. The SMILES string of the molecule is Cc1cc(I)c(C(F)F)cc1Br. The number of halogens is 4. The molecule has 0 radical (unpaired) electrons. The third-order valence-corrected chi connectivity index (χ3v) is 3.30. The third-order valence-electron chi connectivity index (χ3n) is 1.51. The average molecular weight is 347 g/mol. The highest BCUT2D eigenvalue weighted by atomic mass is 127. The van der Waals surface area contributed by atoms with Crippen LogP contribution in [-0.4, -0.2) is 0 Å². The van der Waals surface area contributed by atoms with Crippen LogP contribution in [0.2, 0.25) is 0 Å². The molecule has 0 aliphatic carbocycles. The van der Waals surface area contributed by atoms with E-state index >= 15 is 0 Å². The van der Waals surface area contributed by atoms with E-state index < -0.39 is 6.43 Å². The van der Waals surface area contributed by atoms with Crippen LogP contribution in [0.4, 0.5) is 8.78 Å². The summed E-state index contributed by atoms with van der Waals surface area (Å²) in [5.41, 5.74) is 1.07. The van der Waals surface area contributed by atoms with Gasteiger partial charge in [0.25, 0.3) is 6.43 Å². The van der Waals surface area contributed by atoms with Crippen LogP contribution in [0.1, 0.15) is 17.6 Å². The first-order chi connectivity index (χ1) is 5.52. The molecular formula is C8H6BrF2I. The van der Waals surface area contributed by atoms with E-state index in [0.717, 1.165) is 10.0 Å².